The number of carbonyl (C=O) groups excluding carboxylic acids is 1. The third kappa shape index (κ3) is 3.06. The van der Waals surface area contributed by atoms with Crippen LogP contribution in [-0.2, 0) is 4.79 Å². The summed E-state index contributed by atoms with van der Waals surface area (Å²) in [7, 11) is -1.07. The van der Waals surface area contributed by atoms with E-state index in [0.29, 0.717) is 0 Å². The fraction of sp³-hybridized carbons (Fsp3) is 0.588. The minimum Gasteiger partial charge on any atom is -0.322 e. The topological polar surface area (TPSA) is 29.1 Å². The second kappa shape index (κ2) is 6.26. The molecule has 1 heterocycles. The minimum atomic E-state index is -1.07. The van der Waals surface area contributed by atoms with Crippen molar-refractivity contribution in [1.29, 1.82) is 0 Å². The van der Waals surface area contributed by atoms with Gasteiger partial charge < -0.3 is 5.32 Å². The molecule has 1 saturated heterocycles. The Hall–Kier alpha value is -0.880. The van der Waals surface area contributed by atoms with Gasteiger partial charge in [-0.3, -0.25) is 4.79 Å². The predicted octanol–water partition coefficient (Wildman–Crippen LogP) is 4.46. The maximum Gasteiger partial charge on any atom is 0.265 e. The number of aryl methyl sites for hydroxylation is 2. The molecule has 1 aromatic rings. The number of benzene rings is 1. The Morgan fingerprint density at radius 1 is 1.25 bits per heavy atom. The normalized spacial score (nSPS) is 18.8. The Labute approximate surface area is 123 Å². The lowest BCUT2D eigenvalue weighted by atomic mass is 10.1. The summed E-state index contributed by atoms with van der Waals surface area (Å²) in [4.78, 5) is 12.8. The average molecular weight is 292 g/mol. The highest BCUT2D eigenvalue weighted by Gasteiger charge is 2.46. The van der Waals surface area contributed by atoms with Crippen molar-refractivity contribution in [3.05, 3.63) is 29.3 Å². The van der Waals surface area contributed by atoms with Crippen molar-refractivity contribution in [1.82, 2.24) is 0 Å². The first-order valence-corrected chi connectivity index (χ1v) is 10.4. The van der Waals surface area contributed by atoms with Gasteiger partial charge in [0, 0.05) is 19.6 Å². The molecule has 1 N–H and O–H groups in total. The Bertz CT molecular complexity index is 472. The van der Waals surface area contributed by atoms with E-state index < -0.39 is 7.26 Å². The molecule has 1 fully saturated rings. The van der Waals surface area contributed by atoms with Crippen molar-refractivity contribution in [2.24, 2.45) is 0 Å². The van der Waals surface area contributed by atoms with Crippen LogP contribution in [0, 0.1) is 13.8 Å². The molecule has 0 aliphatic carbocycles. The van der Waals surface area contributed by atoms with Crippen LogP contribution in [0.5, 0.6) is 0 Å². The Morgan fingerprint density at radius 3 is 2.30 bits per heavy atom. The summed E-state index contributed by atoms with van der Waals surface area (Å²) in [5.41, 5.74) is 3.57. The van der Waals surface area contributed by atoms with Crippen molar-refractivity contribution in [2.75, 3.05) is 24.3 Å². The van der Waals surface area contributed by atoms with Crippen molar-refractivity contribution >= 4 is 18.9 Å². The summed E-state index contributed by atoms with van der Waals surface area (Å²) in [6, 6.07) is 6.18. The number of hydrogen-bond donors (Lipinski definition) is 1. The number of amides is 1. The number of anilines is 1. The monoisotopic (exact) mass is 292 g/mol. The van der Waals surface area contributed by atoms with Crippen molar-refractivity contribution in [2.45, 2.75) is 45.7 Å². The molecule has 0 bridgehead atoms. The summed E-state index contributed by atoms with van der Waals surface area (Å²) in [6.45, 7) is 8.70. The summed E-state index contributed by atoms with van der Waals surface area (Å²) >= 11 is 0. The fourth-order valence-corrected chi connectivity index (χ4v) is 7.75. The molecule has 1 atom stereocenters. The van der Waals surface area contributed by atoms with E-state index in [1.54, 1.807) is 0 Å². The molecule has 0 spiro atoms. The molecule has 1 aliphatic rings. The summed E-state index contributed by atoms with van der Waals surface area (Å²) in [5, 5.41) is 3.22. The lowest BCUT2D eigenvalue weighted by Gasteiger charge is -2.26. The van der Waals surface area contributed by atoms with E-state index in [1.807, 2.05) is 6.07 Å². The average Bonchev–Trinajstić information content (AvgIpc) is 2.82. The third-order valence-corrected chi connectivity index (χ3v) is 9.54. The van der Waals surface area contributed by atoms with Gasteiger partial charge in [0.1, 0.15) is 5.66 Å². The van der Waals surface area contributed by atoms with Crippen LogP contribution in [0.15, 0.2) is 18.2 Å². The molecule has 20 heavy (non-hydrogen) atoms. The Balaban J connectivity index is 2.18. The zero-order valence-corrected chi connectivity index (χ0v) is 14.1. The van der Waals surface area contributed by atoms with E-state index in [1.165, 1.54) is 25.2 Å². The first kappa shape index (κ1) is 15.5. The number of rotatable bonds is 4. The van der Waals surface area contributed by atoms with Gasteiger partial charge in [0.25, 0.3) is 5.91 Å². The maximum absolute atomic E-state index is 12.8. The van der Waals surface area contributed by atoms with Gasteiger partial charge in [-0.25, -0.2) is 0 Å². The maximum atomic E-state index is 12.8. The van der Waals surface area contributed by atoms with Gasteiger partial charge in [0.2, 0.25) is 0 Å². The van der Waals surface area contributed by atoms with Gasteiger partial charge in [-0.2, -0.15) is 0 Å². The quantitative estimate of drug-likeness (QED) is 0.815. The number of carbonyl (C=O) groups is 1. The Kier molecular flexibility index (Phi) is 4.86. The van der Waals surface area contributed by atoms with E-state index in [2.05, 4.69) is 44.9 Å². The second-order valence-electron chi connectivity index (χ2n) is 6.31. The Morgan fingerprint density at radius 2 is 1.80 bits per heavy atom. The lowest BCUT2D eigenvalue weighted by molar-refractivity contribution is -0.115. The number of para-hydroxylation sites is 1. The van der Waals surface area contributed by atoms with Gasteiger partial charge in [0.05, 0.1) is 12.3 Å². The molecule has 1 amide bonds. The van der Waals surface area contributed by atoms with Gasteiger partial charge in [-0.05, 0) is 44.2 Å². The molecule has 2 rings (SSSR count). The van der Waals surface area contributed by atoms with Gasteiger partial charge in [0.15, 0.2) is 0 Å². The van der Waals surface area contributed by atoms with Gasteiger partial charge in [-0.15, -0.1) is 0 Å². The summed E-state index contributed by atoms with van der Waals surface area (Å²) in [6.07, 6.45) is 6.20. The van der Waals surface area contributed by atoms with Crippen LogP contribution < -0.4 is 5.32 Å². The highest BCUT2D eigenvalue weighted by molar-refractivity contribution is 7.77. The van der Waals surface area contributed by atoms with Crippen LogP contribution in [0.3, 0.4) is 0 Å². The zero-order valence-electron chi connectivity index (χ0n) is 13.2. The molecule has 1 aromatic carbocycles. The molecule has 0 aromatic heterocycles. The zero-order chi connectivity index (χ0) is 14.8. The lowest BCUT2D eigenvalue weighted by Crippen LogP contribution is -2.31. The van der Waals surface area contributed by atoms with Gasteiger partial charge >= 0.3 is 0 Å². The van der Waals surface area contributed by atoms with Crippen LogP contribution in [-0.4, -0.2) is 30.6 Å². The van der Waals surface area contributed by atoms with Gasteiger partial charge in [-0.1, -0.05) is 25.1 Å². The minimum absolute atomic E-state index is 0.240. The van der Waals surface area contributed by atoms with Crippen LogP contribution in [0.25, 0.3) is 0 Å². The van der Waals surface area contributed by atoms with E-state index in [0.717, 1.165) is 23.2 Å². The predicted molar refractivity (Wildman–Crippen MR) is 90.4 cm³/mol. The van der Waals surface area contributed by atoms with Crippen LogP contribution in [0.4, 0.5) is 5.69 Å². The largest absolute Gasteiger partial charge is 0.322 e. The SMILES string of the molecule is CCC(C(=O)Nc1c(C)cccc1C)[P+]1(C)CCCC1. The molecule has 0 radical (unpaired) electrons. The van der Waals surface area contributed by atoms with E-state index >= 15 is 0 Å². The van der Waals surface area contributed by atoms with Crippen molar-refractivity contribution in [3.8, 4) is 0 Å². The third-order valence-electron chi connectivity index (χ3n) is 4.76. The standard InChI is InChI=1S/C17H26NOP/c1-5-15(20(4)11-6-7-12-20)17(19)18-16-13(2)9-8-10-14(16)3/h8-10,15H,5-7,11-12H2,1-4H3/p+1. The second-order valence-corrected chi connectivity index (χ2v) is 10.8. The molecule has 0 saturated carbocycles. The van der Waals surface area contributed by atoms with E-state index in [4.69, 9.17) is 0 Å². The first-order chi connectivity index (χ1) is 9.48. The molecule has 1 aliphatic heterocycles. The van der Waals surface area contributed by atoms with E-state index in [-0.39, 0.29) is 11.6 Å². The molecular weight excluding hydrogens is 265 g/mol. The summed E-state index contributed by atoms with van der Waals surface area (Å²) in [5.74, 6) is 0.252. The number of nitrogens with one attached hydrogen (secondary N) is 1. The van der Waals surface area contributed by atoms with Crippen molar-refractivity contribution in [3.63, 3.8) is 0 Å². The molecule has 2 nitrogen and oxygen atoms in total. The highest BCUT2D eigenvalue weighted by atomic mass is 31.2. The molecule has 110 valence electrons. The number of hydrogen-bond acceptors (Lipinski definition) is 1. The first-order valence-electron chi connectivity index (χ1n) is 7.69. The molecule has 3 heteroatoms. The van der Waals surface area contributed by atoms with Crippen LogP contribution in [0.1, 0.15) is 37.3 Å². The fourth-order valence-electron chi connectivity index (χ4n) is 3.50. The smallest absolute Gasteiger partial charge is 0.265 e. The summed E-state index contributed by atoms with van der Waals surface area (Å²) < 4.78 is 0. The van der Waals surface area contributed by atoms with Crippen molar-refractivity contribution < 1.29 is 4.79 Å². The molecule has 1 unspecified atom stereocenters. The molecular formula is C17H27NOP+. The van der Waals surface area contributed by atoms with Crippen LogP contribution >= 0.6 is 7.26 Å². The highest BCUT2D eigenvalue weighted by Crippen LogP contribution is 2.65. The van der Waals surface area contributed by atoms with E-state index in [9.17, 15) is 4.79 Å². The van der Waals surface area contributed by atoms with Crippen LogP contribution in [0.2, 0.25) is 0 Å².